The van der Waals surface area contributed by atoms with Crippen molar-refractivity contribution in [3.8, 4) is 5.75 Å². The molecule has 0 aliphatic carbocycles. The van der Waals surface area contributed by atoms with Gasteiger partial charge in [0.15, 0.2) is 0 Å². The Balaban J connectivity index is 1.55. The summed E-state index contributed by atoms with van der Waals surface area (Å²) in [5.74, 6) is 0.940. The van der Waals surface area contributed by atoms with E-state index in [1.165, 1.54) is 11.6 Å². The summed E-state index contributed by atoms with van der Waals surface area (Å²) in [4.78, 5) is 10.6. The Kier molecular flexibility index (Phi) is 3.83. The van der Waals surface area contributed by atoms with E-state index in [9.17, 15) is 10.1 Å². The Bertz CT molecular complexity index is 632. The van der Waals surface area contributed by atoms with E-state index < -0.39 is 0 Å². The van der Waals surface area contributed by atoms with Crippen molar-refractivity contribution in [2.75, 3.05) is 6.54 Å². The van der Waals surface area contributed by atoms with Gasteiger partial charge in [-0.05, 0) is 11.6 Å². The van der Waals surface area contributed by atoms with E-state index >= 15 is 0 Å². The molecule has 2 aromatic carbocycles. The number of hydrogen-bond donors (Lipinski definition) is 1. The molecule has 0 bridgehead atoms. The zero-order valence-electron chi connectivity index (χ0n) is 11.5. The highest BCUT2D eigenvalue weighted by Gasteiger charge is 2.22. The lowest BCUT2D eigenvalue weighted by Gasteiger charge is -2.12. The number of para-hydroxylation sites is 2. The van der Waals surface area contributed by atoms with E-state index in [2.05, 4.69) is 11.4 Å². The summed E-state index contributed by atoms with van der Waals surface area (Å²) < 4.78 is 5.83. The van der Waals surface area contributed by atoms with Gasteiger partial charge in [-0.15, -0.1) is 0 Å². The predicted octanol–water partition coefficient (Wildman–Crippen LogP) is 2.69. The molecule has 0 radical (unpaired) electrons. The number of nitro groups is 1. The Morgan fingerprint density at radius 1 is 1.19 bits per heavy atom. The van der Waals surface area contributed by atoms with Crippen LogP contribution in [-0.2, 0) is 13.0 Å². The summed E-state index contributed by atoms with van der Waals surface area (Å²) >= 11 is 0. The number of rotatable bonds is 5. The van der Waals surface area contributed by atoms with Crippen molar-refractivity contribution in [2.24, 2.45) is 0 Å². The van der Waals surface area contributed by atoms with Crippen molar-refractivity contribution in [1.82, 2.24) is 5.32 Å². The third-order valence-electron chi connectivity index (χ3n) is 3.59. The van der Waals surface area contributed by atoms with Gasteiger partial charge in [0, 0.05) is 31.1 Å². The molecule has 0 fully saturated rings. The van der Waals surface area contributed by atoms with Crippen molar-refractivity contribution in [3.05, 3.63) is 69.8 Å². The van der Waals surface area contributed by atoms with Gasteiger partial charge in [0.2, 0.25) is 0 Å². The Labute approximate surface area is 122 Å². The van der Waals surface area contributed by atoms with E-state index in [0.29, 0.717) is 18.7 Å². The fraction of sp³-hybridized carbons (Fsp3) is 0.250. The summed E-state index contributed by atoms with van der Waals surface area (Å²) in [5, 5.41) is 14.2. The lowest BCUT2D eigenvalue weighted by atomic mass is 10.1. The Hall–Kier alpha value is -2.40. The number of nitrogens with one attached hydrogen (secondary N) is 1. The van der Waals surface area contributed by atoms with Crippen LogP contribution in [0.2, 0.25) is 0 Å². The molecule has 5 heteroatoms. The average molecular weight is 284 g/mol. The zero-order chi connectivity index (χ0) is 14.7. The van der Waals surface area contributed by atoms with E-state index in [-0.39, 0.29) is 16.7 Å². The SMILES string of the molecule is O=[N+]([O-])c1ccccc1CNCC1Cc2ccccc2O1. The molecule has 1 N–H and O–H groups in total. The molecule has 1 aliphatic heterocycles. The van der Waals surface area contributed by atoms with Gasteiger partial charge in [0.1, 0.15) is 11.9 Å². The number of nitro benzene ring substituents is 1. The molecule has 108 valence electrons. The molecule has 0 amide bonds. The van der Waals surface area contributed by atoms with Gasteiger partial charge >= 0.3 is 0 Å². The first-order chi connectivity index (χ1) is 10.2. The van der Waals surface area contributed by atoms with Gasteiger partial charge in [-0.2, -0.15) is 0 Å². The highest BCUT2D eigenvalue weighted by molar-refractivity contribution is 5.40. The molecule has 1 aliphatic rings. The minimum absolute atomic E-state index is 0.0881. The monoisotopic (exact) mass is 284 g/mol. The molecule has 0 saturated carbocycles. The highest BCUT2D eigenvalue weighted by Crippen LogP contribution is 2.27. The topological polar surface area (TPSA) is 64.4 Å². The van der Waals surface area contributed by atoms with E-state index in [0.717, 1.165) is 12.2 Å². The average Bonchev–Trinajstić information content (AvgIpc) is 2.90. The van der Waals surface area contributed by atoms with Crippen LogP contribution in [0.3, 0.4) is 0 Å². The third kappa shape index (κ3) is 3.03. The highest BCUT2D eigenvalue weighted by atomic mass is 16.6. The number of nitrogens with zero attached hydrogens (tertiary/aromatic N) is 1. The Morgan fingerprint density at radius 2 is 1.95 bits per heavy atom. The van der Waals surface area contributed by atoms with E-state index in [1.54, 1.807) is 12.1 Å². The molecule has 0 spiro atoms. The van der Waals surface area contributed by atoms with Crippen molar-refractivity contribution in [2.45, 2.75) is 19.1 Å². The van der Waals surface area contributed by atoms with Gasteiger partial charge in [0.25, 0.3) is 5.69 Å². The number of hydrogen-bond acceptors (Lipinski definition) is 4. The maximum Gasteiger partial charge on any atom is 0.273 e. The molecule has 0 saturated heterocycles. The number of benzene rings is 2. The quantitative estimate of drug-likeness (QED) is 0.677. The molecule has 1 atom stereocenters. The molecular formula is C16H16N2O3. The molecular weight excluding hydrogens is 268 g/mol. The lowest BCUT2D eigenvalue weighted by Crippen LogP contribution is -2.29. The molecule has 21 heavy (non-hydrogen) atoms. The van der Waals surface area contributed by atoms with Crippen LogP contribution in [-0.4, -0.2) is 17.6 Å². The van der Waals surface area contributed by atoms with Crippen LogP contribution in [0.5, 0.6) is 5.75 Å². The first-order valence-electron chi connectivity index (χ1n) is 6.91. The van der Waals surface area contributed by atoms with Gasteiger partial charge in [-0.25, -0.2) is 0 Å². The second kappa shape index (κ2) is 5.93. The molecule has 1 unspecified atom stereocenters. The summed E-state index contributed by atoms with van der Waals surface area (Å²) in [6, 6.07) is 14.8. The first kappa shape index (κ1) is 13.6. The van der Waals surface area contributed by atoms with Gasteiger partial charge in [0.05, 0.1) is 4.92 Å². The lowest BCUT2D eigenvalue weighted by molar-refractivity contribution is -0.385. The van der Waals surface area contributed by atoms with Crippen molar-refractivity contribution in [1.29, 1.82) is 0 Å². The van der Waals surface area contributed by atoms with Crippen LogP contribution in [0.15, 0.2) is 48.5 Å². The fourth-order valence-electron chi connectivity index (χ4n) is 2.57. The molecule has 3 rings (SSSR count). The molecule has 2 aromatic rings. The maximum absolute atomic E-state index is 10.9. The largest absolute Gasteiger partial charge is 0.488 e. The molecule has 0 aromatic heterocycles. The van der Waals surface area contributed by atoms with Crippen molar-refractivity contribution < 1.29 is 9.66 Å². The van der Waals surface area contributed by atoms with Crippen LogP contribution < -0.4 is 10.1 Å². The van der Waals surface area contributed by atoms with Crippen LogP contribution in [0.1, 0.15) is 11.1 Å². The first-order valence-corrected chi connectivity index (χ1v) is 6.91. The maximum atomic E-state index is 10.9. The third-order valence-corrected chi connectivity index (χ3v) is 3.59. The summed E-state index contributed by atoms with van der Waals surface area (Å²) in [7, 11) is 0. The van der Waals surface area contributed by atoms with E-state index in [4.69, 9.17) is 4.74 Å². The summed E-state index contributed by atoms with van der Waals surface area (Å²) in [6.07, 6.45) is 0.963. The number of ether oxygens (including phenoxy) is 1. The minimum Gasteiger partial charge on any atom is -0.488 e. The Morgan fingerprint density at radius 3 is 2.76 bits per heavy atom. The standard InChI is InChI=1S/C16H16N2O3/c19-18(20)15-7-3-1-6-13(15)10-17-11-14-9-12-5-2-4-8-16(12)21-14/h1-8,14,17H,9-11H2. The van der Waals surface area contributed by atoms with Crippen LogP contribution in [0.25, 0.3) is 0 Å². The fourth-order valence-corrected chi connectivity index (χ4v) is 2.57. The van der Waals surface area contributed by atoms with Crippen molar-refractivity contribution in [3.63, 3.8) is 0 Å². The summed E-state index contributed by atoms with van der Waals surface area (Å²) in [6.45, 7) is 1.13. The van der Waals surface area contributed by atoms with Crippen LogP contribution in [0, 0.1) is 10.1 Å². The minimum atomic E-state index is -0.348. The normalized spacial score (nSPS) is 16.3. The second-order valence-corrected chi connectivity index (χ2v) is 5.07. The van der Waals surface area contributed by atoms with Gasteiger partial charge in [-0.1, -0.05) is 36.4 Å². The zero-order valence-corrected chi connectivity index (χ0v) is 11.5. The van der Waals surface area contributed by atoms with Crippen LogP contribution >= 0.6 is 0 Å². The van der Waals surface area contributed by atoms with Crippen LogP contribution in [0.4, 0.5) is 5.69 Å². The molecule has 5 nitrogen and oxygen atoms in total. The van der Waals surface area contributed by atoms with E-state index in [1.807, 2.05) is 24.3 Å². The van der Waals surface area contributed by atoms with Crippen molar-refractivity contribution >= 4 is 5.69 Å². The summed E-state index contributed by atoms with van der Waals surface area (Å²) in [5.41, 5.74) is 2.06. The molecule has 1 heterocycles. The second-order valence-electron chi connectivity index (χ2n) is 5.07. The smallest absolute Gasteiger partial charge is 0.273 e. The van der Waals surface area contributed by atoms with Gasteiger partial charge in [-0.3, -0.25) is 10.1 Å². The van der Waals surface area contributed by atoms with Gasteiger partial charge < -0.3 is 10.1 Å². The predicted molar refractivity (Wildman–Crippen MR) is 79.4 cm³/mol. The number of fused-ring (bicyclic) bond motifs is 1.